The van der Waals surface area contributed by atoms with Gasteiger partial charge < -0.3 is 9.80 Å². The molecule has 1 unspecified atom stereocenters. The normalized spacial score (nSPS) is 17.8. The Bertz CT molecular complexity index is 1330. The van der Waals surface area contributed by atoms with Crippen molar-refractivity contribution in [1.29, 1.82) is 0 Å². The number of hydrazone groups is 1. The van der Waals surface area contributed by atoms with E-state index in [2.05, 4.69) is 20.2 Å². The molecule has 0 saturated carbocycles. The molecule has 2 aliphatic heterocycles. The standard InChI is InChI=1S/C24H25F3N8O/c1-14-21(15(2)32(3)31-14)22-19(27)13-28-23(30-22)33-6-8-34(9-7-33)24(36)35-20(4-5-29-35)16-10-17(25)12-18(26)11-16/h5,10-13,20H,4,6-9H2,1-3H3. The van der Waals surface area contributed by atoms with Crippen molar-refractivity contribution < 1.29 is 18.0 Å². The number of halogens is 3. The van der Waals surface area contributed by atoms with Crippen LogP contribution in [0.4, 0.5) is 23.9 Å². The third-order valence-electron chi connectivity index (χ3n) is 6.61. The van der Waals surface area contributed by atoms with E-state index in [-0.39, 0.29) is 11.7 Å². The van der Waals surface area contributed by atoms with Gasteiger partial charge in [0.05, 0.1) is 17.9 Å². The van der Waals surface area contributed by atoms with Gasteiger partial charge in [-0.15, -0.1) is 0 Å². The largest absolute Gasteiger partial charge is 0.341 e. The summed E-state index contributed by atoms with van der Waals surface area (Å²) in [5.41, 5.74) is 2.65. The lowest BCUT2D eigenvalue weighted by Gasteiger charge is -2.37. The number of rotatable bonds is 3. The van der Waals surface area contributed by atoms with Crippen LogP contribution in [0.1, 0.15) is 29.4 Å². The topological polar surface area (TPSA) is 82.8 Å². The van der Waals surface area contributed by atoms with Gasteiger partial charge in [0.1, 0.15) is 17.3 Å². The van der Waals surface area contributed by atoms with Gasteiger partial charge in [-0.25, -0.2) is 32.9 Å². The second kappa shape index (κ2) is 9.25. The van der Waals surface area contributed by atoms with E-state index in [1.807, 2.05) is 11.8 Å². The molecule has 3 aromatic rings. The van der Waals surface area contributed by atoms with Crippen molar-refractivity contribution in [2.75, 3.05) is 31.1 Å². The van der Waals surface area contributed by atoms with Crippen molar-refractivity contribution in [2.45, 2.75) is 26.3 Å². The van der Waals surface area contributed by atoms with Gasteiger partial charge in [0.25, 0.3) is 0 Å². The minimum atomic E-state index is -0.701. The van der Waals surface area contributed by atoms with Crippen LogP contribution in [0.5, 0.6) is 0 Å². The van der Waals surface area contributed by atoms with Crippen molar-refractivity contribution in [3.05, 3.63) is 58.8 Å². The fourth-order valence-corrected chi connectivity index (χ4v) is 4.69. The second-order valence-corrected chi connectivity index (χ2v) is 8.89. The van der Waals surface area contributed by atoms with E-state index >= 15 is 0 Å². The summed E-state index contributed by atoms with van der Waals surface area (Å²) in [5.74, 6) is -1.56. The maximum absolute atomic E-state index is 14.7. The summed E-state index contributed by atoms with van der Waals surface area (Å²) in [5, 5.41) is 9.78. The fraction of sp³-hybridized carbons (Fsp3) is 0.375. The van der Waals surface area contributed by atoms with E-state index in [0.29, 0.717) is 55.4 Å². The SMILES string of the molecule is Cc1nn(C)c(C)c1-c1nc(N2CCN(C(=O)N3N=CCC3c3cc(F)cc(F)c3)CC2)ncc1F. The number of nitrogens with zero attached hydrogens (tertiary/aromatic N) is 8. The highest BCUT2D eigenvalue weighted by Gasteiger charge is 2.34. The second-order valence-electron chi connectivity index (χ2n) is 8.89. The number of amides is 2. The predicted molar refractivity (Wildman–Crippen MR) is 127 cm³/mol. The molecular weight excluding hydrogens is 473 g/mol. The van der Waals surface area contributed by atoms with Crippen LogP contribution in [0, 0.1) is 31.3 Å². The lowest BCUT2D eigenvalue weighted by atomic mass is 10.0. The number of anilines is 1. The van der Waals surface area contributed by atoms with Gasteiger partial charge >= 0.3 is 6.03 Å². The van der Waals surface area contributed by atoms with Gasteiger partial charge in [-0.3, -0.25) is 4.68 Å². The van der Waals surface area contributed by atoms with Gasteiger partial charge in [0, 0.05) is 63.2 Å². The van der Waals surface area contributed by atoms with Crippen molar-refractivity contribution in [3.63, 3.8) is 0 Å². The fourth-order valence-electron chi connectivity index (χ4n) is 4.69. The molecule has 1 atom stereocenters. The summed E-state index contributed by atoms with van der Waals surface area (Å²) in [4.78, 5) is 25.4. The number of carbonyl (C=O) groups excluding carboxylic acids is 1. The van der Waals surface area contributed by atoms with E-state index in [0.717, 1.165) is 18.0 Å². The first-order chi connectivity index (χ1) is 17.2. The molecule has 5 rings (SSSR count). The smallest absolute Gasteiger partial charge is 0.337 e. The number of aryl methyl sites for hydroxylation is 2. The molecular formula is C24H25F3N8O. The van der Waals surface area contributed by atoms with Crippen molar-refractivity contribution in [3.8, 4) is 11.3 Å². The maximum Gasteiger partial charge on any atom is 0.341 e. The first-order valence-electron chi connectivity index (χ1n) is 11.6. The Balaban J connectivity index is 1.30. The van der Waals surface area contributed by atoms with E-state index in [9.17, 15) is 18.0 Å². The Morgan fingerprint density at radius 1 is 1.03 bits per heavy atom. The van der Waals surface area contributed by atoms with Crippen LogP contribution >= 0.6 is 0 Å². The van der Waals surface area contributed by atoms with Gasteiger partial charge in [0.15, 0.2) is 5.82 Å². The number of hydrogen-bond acceptors (Lipinski definition) is 6. The summed E-state index contributed by atoms with van der Waals surface area (Å²) >= 11 is 0. The van der Waals surface area contributed by atoms with E-state index < -0.39 is 23.5 Å². The van der Waals surface area contributed by atoms with E-state index in [1.54, 1.807) is 29.8 Å². The minimum absolute atomic E-state index is 0.193. The van der Waals surface area contributed by atoms with Gasteiger partial charge in [-0.1, -0.05) is 0 Å². The Morgan fingerprint density at radius 3 is 2.36 bits per heavy atom. The molecule has 0 spiro atoms. The van der Waals surface area contributed by atoms with E-state index in [4.69, 9.17) is 0 Å². The maximum atomic E-state index is 14.7. The summed E-state index contributed by atoms with van der Waals surface area (Å²) in [7, 11) is 1.79. The quantitative estimate of drug-likeness (QED) is 0.551. The molecule has 0 N–H and O–H groups in total. The van der Waals surface area contributed by atoms with Gasteiger partial charge in [-0.05, 0) is 31.5 Å². The molecule has 4 heterocycles. The summed E-state index contributed by atoms with van der Waals surface area (Å²) in [6.45, 7) is 5.23. The van der Waals surface area contributed by atoms with Crippen LogP contribution in [0.3, 0.4) is 0 Å². The highest BCUT2D eigenvalue weighted by Crippen LogP contribution is 2.31. The number of piperazine rings is 1. The number of urea groups is 1. The Labute approximate surface area is 205 Å². The predicted octanol–water partition coefficient (Wildman–Crippen LogP) is 3.59. The average molecular weight is 499 g/mol. The minimum Gasteiger partial charge on any atom is -0.337 e. The molecule has 0 bridgehead atoms. The molecule has 12 heteroatoms. The summed E-state index contributed by atoms with van der Waals surface area (Å²) in [6, 6.07) is 2.31. The van der Waals surface area contributed by atoms with Crippen LogP contribution in [-0.2, 0) is 7.05 Å². The zero-order chi connectivity index (χ0) is 25.6. The number of carbonyl (C=O) groups is 1. The molecule has 2 aliphatic rings. The van der Waals surface area contributed by atoms with Crippen LogP contribution in [0.25, 0.3) is 11.3 Å². The first-order valence-corrected chi connectivity index (χ1v) is 11.6. The first kappa shape index (κ1) is 23.8. The van der Waals surface area contributed by atoms with Gasteiger partial charge in [0.2, 0.25) is 5.95 Å². The third kappa shape index (κ3) is 4.27. The summed E-state index contributed by atoms with van der Waals surface area (Å²) in [6.07, 6.45) is 3.09. The highest BCUT2D eigenvalue weighted by molar-refractivity contribution is 5.79. The van der Waals surface area contributed by atoms with Crippen molar-refractivity contribution >= 4 is 18.2 Å². The molecule has 2 amide bonds. The molecule has 1 saturated heterocycles. The molecule has 0 radical (unpaired) electrons. The van der Waals surface area contributed by atoms with Crippen LogP contribution in [0.2, 0.25) is 0 Å². The Hall–Kier alpha value is -3.96. The molecule has 188 valence electrons. The molecule has 0 aliphatic carbocycles. The molecule has 1 fully saturated rings. The van der Waals surface area contributed by atoms with Crippen LogP contribution < -0.4 is 4.90 Å². The van der Waals surface area contributed by atoms with Crippen molar-refractivity contribution in [1.82, 2.24) is 29.7 Å². The summed E-state index contributed by atoms with van der Waals surface area (Å²) < 4.78 is 43.8. The third-order valence-corrected chi connectivity index (χ3v) is 6.61. The van der Waals surface area contributed by atoms with Crippen LogP contribution in [0.15, 0.2) is 29.5 Å². The average Bonchev–Trinajstić information content (AvgIpc) is 3.43. The molecule has 9 nitrogen and oxygen atoms in total. The van der Waals surface area contributed by atoms with Crippen LogP contribution in [-0.4, -0.2) is 68.1 Å². The van der Waals surface area contributed by atoms with Gasteiger partial charge in [-0.2, -0.15) is 10.2 Å². The highest BCUT2D eigenvalue weighted by atomic mass is 19.1. The van der Waals surface area contributed by atoms with Crippen molar-refractivity contribution in [2.24, 2.45) is 12.1 Å². The Morgan fingerprint density at radius 2 is 1.72 bits per heavy atom. The van der Waals surface area contributed by atoms with E-state index in [1.165, 1.54) is 17.1 Å². The number of hydrogen-bond donors (Lipinski definition) is 0. The monoisotopic (exact) mass is 498 g/mol. The number of aromatic nitrogens is 4. The number of benzene rings is 1. The zero-order valence-electron chi connectivity index (χ0n) is 20.1. The zero-order valence-corrected chi connectivity index (χ0v) is 20.1. The molecule has 2 aromatic heterocycles. The lowest BCUT2D eigenvalue weighted by molar-refractivity contribution is 0.139. The lowest BCUT2D eigenvalue weighted by Crippen LogP contribution is -2.52. The molecule has 1 aromatic carbocycles. The molecule has 36 heavy (non-hydrogen) atoms. The Kier molecular flexibility index (Phi) is 6.10.